The van der Waals surface area contributed by atoms with Crippen molar-refractivity contribution in [3.63, 3.8) is 0 Å². The second-order valence-electron chi connectivity index (χ2n) is 6.33. The predicted octanol–water partition coefficient (Wildman–Crippen LogP) is 2.90. The fourth-order valence-corrected chi connectivity index (χ4v) is 2.68. The molecule has 0 aliphatic heterocycles. The minimum atomic E-state index is -0.895. The molecule has 0 saturated carbocycles. The van der Waals surface area contributed by atoms with E-state index in [0.717, 1.165) is 17.2 Å². The van der Waals surface area contributed by atoms with Gasteiger partial charge in [0, 0.05) is 17.2 Å². The first-order valence-electron chi connectivity index (χ1n) is 9.14. The van der Waals surface area contributed by atoms with Crippen molar-refractivity contribution in [1.29, 1.82) is 0 Å². The van der Waals surface area contributed by atoms with E-state index in [0.29, 0.717) is 5.71 Å². The molecule has 3 aromatic rings. The van der Waals surface area contributed by atoms with E-state index in [1.165, 1.54) is 12.1 Å². The van der Waals surface area contributed by atoms with Crippen LogP contribution in [0.2, 0.25) is 0 Å². The molecule has 0 fully saturated rings. The van der Waals surface area contributed by atoms with Crippen LogP contribution in [0, 0.1) is 10.1 Å². The average Bonchev–Trinajstić information content (AvgIpc) is 2.79. The van der Waals surface area contributed by atoms with E-state index in [1.807, 2.05) is 60.7 Å². The van der Waals surface area contributed by atoms with E-state index in [4.69, 9.17) is 10.5 Å². The first kappa shape index (κ1) is 21.2. The minimum Gasteiger partial charge on any atom is -0.452 e. The van der Waals surface area contributed by atoms with Gasteiger partial charge in [0.25, 0.3) is 11.6 Å². The van der Waals surface area contributed by atoms with Crippen LogP contribution in [0.25, 0.3) is 0 Å². The Hall–Kier alpha value is -4.53. The number of esters is 1. The van der Waals surface area contributed by atoms with Gasteiger partial charge < -0.3 is 10.5 Å². The number of rotatable bonds is 7. The quantitative estimate of drug-likeness (QED) is 0.199. The van der Waals surface area contributed by atoms with Gasteiger partial charge in [0.15, 0.2) is 6.61 Å². The highest BCUT2D eigenvalue weighted by atomic mass is 16.6. The maximum Gasteiger partial charge on any atom is 0.338 e. The molecule has 0 aliphatic carbocycles. The number of nitro benzene ring substituents is 1. The maximum absolute atomic E-state index is 12.2. The van der Waals surface area contributed by atoms with Crippen LogP contribution in [0.1, 0.15) is 21.5 Å². The Labute approximate surface area is 177 Å². The molecule has 9 heteroatoms. The summed E-state index contributed by atoms with van der Waals surface area (Å²) in [4.78, 5) is 34.5. The molecule has 0 radical (unpaired) electrons. The molecule has 0 heterocycles. The van der Waals surface area contributed by atoms with Gasteiger partial charge in [-0.1, -0.05) is 60.7 Å². The largest absolute Gasteiger partial charge is 0.452 e. The SMILES string of the molecule is Nc1ccc(C(=O)OCC(=O)NN=C(c2ccccc2)c2ccccc2)cc1[N+](=O)[O-]. The monoisotopic (exact) mass is 418 g/mol. The Kier molecular flexibility index (Phi) is 6.69. The normalized spacial score (nSPS) is 10.1. The van der Waals surface area contributed by atoms with Crippen molar-refractivity contribution in [2.24, 2.45) is 5.10 Å². The van der Waals surface area contributed by atoms with Crippen LogP contribution in [0.15, 0.2) is 84.0 Å². The van der Waals surface area contributed by atoms with Crippen LogP contribution in [-0.4, -0.2) is 29.1 Å². The lowest BCUT2D eigenvalue weighted by atomic mass is 10.0. The van der Waals surface area contributed by atoms with Crippen molar-refractivity contribution >= 4 is 29.0 Å². The van der Waals surface area contributed by atoms with Crippen molar-refractivity contribution in [2.45, 2.75) is 0 Å². The lowest BCUT2D eigenvalue weighted by molar-refractivity contribution is -0.383. The molecule has 0 aromatic heterocycles. The summed E-state index contributed by atoms with van der Waals surface area (Å²) in [5.74, 6) is -1.56. The molecule has 3 N–H and O–H groups in total. The molecule has 0 unspecified atom stereocenters. The van der Waals surface area contributed by atoms with Gasteiger partial charge in [-0.25, -0.2) is 10.2 Å². The molecule has 0 spiro atoms. The Balaban J connectivity index is 1.68. The fourth-order valence-electron chi connectivity index (χ4n) is 2.68. The number of anilines is 1. The molecular formula is C22H18N4O5. The highest BCUT2D eigenvalue weighted by Gasteiger charge is 2.17. The highest BCUT2D eigenvalue weighted by molar-refractivity contribution is 6.13. The highest BCUT2D eigenvalue weighted by Crippen LogP contribution is 2.22. The second-order valence-corrected chi connectivity index (χ2v) is 6.33. The number of carbonyl (C=O) groups is 2. The van der Waals surface area contributed by atoms with Gasteiger partial charge in [-0.3, -0.25) is 14.9 Å². The number of nitrogens with zero attached hydrogens (tertiary/aromatic N) is 2. The number of nitro groups is 1. The van der Waals surface area contributed by atoms with E-state index in [1.54, 1.807) is 0 Å². The fraction of sp³-hybridized carbons (Fsp3) is 0.0455. The summed E-state index contributed by atoms with van der Waals surface area (Å²) in [6.07, 6.45) is 0. The lowest BCUT2D eigenvalue weighted by Crippen LogP contribution is -2.26. The van der Waals surface area contributed by atoms with E-state index in [2.05, 4.69) is 10.5 Å². The first-order valence-corrected chi connectivity index (χ1v) is 9.14. The number of hydrazone groups is 1. The van der Waals surface area contributed by atoms with Crippen molar-refractivity contribution in [2.75, 3.05) is 12.3 Å². The summed E-state index contributed by atoms with van der Waals surface area (Å²) in [5, 5.41) is 15.1. The third-order valence-corrected chi connectivity index (χ3v) is 4.18. The van der Waals surface area contributed by atoms with E-state index in [-0.39, 0.29) is 11.3 Å². The summed E-state index contributed by atoms with van der Waals surface area (Å²) in [6, 6.07) is 22.1. The minimum absolute atomic E-state index is 0.0806. The number of ether oxygens (including phenoxy) is 1. The van der Waals surface area contributed by atoms with Crippen LogP contribution in [0.3, 0.4) is 0 Å². The Morgan fingerprint density at radius 3 is 2.06 bits per heavy atom. The van der Waals surface area contributed by atoms with E-state index >= 15 is 0 Å². The van der Waals surface area contributed by atoms with Crippen LogP contribution >= 0.6 is 0 Å². The third kappa shape index (κ3) is 5.51. The third-order valence-electron chi connectivity index (χ3n) is 4.18. The number of amides is 1. The van der Waals surface area contributed by atoms with Crippen molar-refractivity contribution in [3.05, 3.63) is 106 Å². The Morgan fingerprint density at radius 1 is 0.935 bits per heavy atom. The number of hydrogen-bond acceptors (Lipinski definition) is 7. The van der Waals surface area contributed by atoms with Crippen molar-refractivity contribution in [3.8, 4) is 0 Å². The van der Waals surface area contributed by atoms with Crippen molar-refractivity contribution < 1.29 is 19.2 Å². The molecule has 0 aliphatic rings. The molecule has 1 amide bonds. The number of carbonyl (C=O) groups excluding carboxylic acids is 2. The second kappa shape index (κ2) is 9.79. The summed E-state index contributed by atoms with van der Waals surface area (Å²) >= 11 is 0. The van der Waals surface area contributed by atoms with E-state index in [9.17, 15) is 19.7 Å². The number of nitrogen functional groups attached to an aromatic ring is 1. The summed E-state index contributed by atoms with van der Waals surface area (Å²) < 4.78 is 4.92. The van der Waals surface area contributed by atoms with Crippen LogP contribution in [0.5, 0.6) is 0 Å². The Morgan fingerprint density at radius 2 is 1.52 bits per heavy atom. The standard InChI is InChI=1S/C22H18N4O5/c23-18-12-11-17(13-19(18)26(29)30)22(28)31-14-20(27)24-25-21(15-7-3-1-4-8-15)16-9-5-2-6-10-16/h1-13H,14,23H2,(H,24,27). The van der Waals surface area contributed by atoms with Gasteiger partial charge in [0.2, 0.25) is 0 Å². The molecule has 0 bridgehead atoms. The summed E-state index contributed by atoms with van der Waals surface area (Å²) in [6.45, 7) is -0.614. The van der Waals surface area contributed by atoms with Crippen LogP contribution in [-0.2, 0) is 9.53 Å². The lowest BCUT2D eigenvalue weighted by Gasteiger charge is -2.08. The van der Waals surface area contributed by atoms with Crippen LogP contribution in [0.4, 0.5) is 11.4 Å². The van der Waals surface area contributed by atoms with Gasteiger partial charge >= 0.3 is 5.97 Å². The van der Waals surface area contributed by atoms with Gasteiger partial charge in [0.1, 0.15) is 5.69 Å². The molecular weight excluding hydrogens is 400 g/mol. The molecule has 31 heavy (non-hydrogen) atoms. The molecule has 0 atom stereocenters. The van der Waals surface area contributed by atoms with Gasteiger partial charge in [-0.15, -0.1) is 0 Å². The molecule has 3 aromatic carbocycles. The predicted molar refractivity (Wildman–Crippen MR) is 114 cm³/mol. The average molecular weight is 418 g/mol. The zero-order chi connectivity index (χ0) is 22.2. The smallest absolute Gasteiger partial charge is 0.338 e. The molecule has 3 rings (SSSR count). The number of benzene rings is 3. The molecule has 0 saturated heterocycles. The number of hydrogen-bond donors (Lipinski definition) is 2. The van der Waals surface area contributed by atoms with E-state index < -0.39 is 29.1 Å². The van der Waals surface area contributed by atoms with Gasteiger partial charge in [-0.05, 0) is 12.1 Å². The summed E-state index contributed by atoms with van der Waals surface area (Å²) in [7, 11) is 0. The molecule has 9 nitrogen and oxygen atoms in total. The molecule has 156 valence electrons. The Bertz CT molecular complexity index is 1090. The maximum atomic E-state index is 12.2. The number of nitrogens with one attached hydrogen (secondary N) is 1. The zero-order valence-corrected chi connectivity index (χ0v) is 16.2. The van der Waals surface area contributed by atoms with Gasteiger partial charge in [-0.2, -0.15) is 5.10 Å². The first-order chi connectivity index (χ1) is 15.0. The zero-order valence-electron chi connectivity index (χ0n) is 16.2. The topological polar surface area (TPSA) is 137 Å². The van der Waals surface area contributed by atoms with Crippen molar-refractivity contribution in [1.82, 2.24) is 5.43 Å². The van der Waals surface area contributed by atoms with Crippen LogP contribution < -0.4 is 11.2 Å². The number of nitrogens with two attached hydrogens (primary N) is 1. The van der Waals surface area contributed by atoms with Gasteiger partial charge in [0.05, 0.1) is 16.2 Å². The summed E-state index contributed by atoms with van der Waals surface area (Å²) in [5.41, 5.74) is 9.40.